The number of aromatic nitrogens is 2. The van der Waals surface area contributed by atoms with Crippen LogP contribution < -0.4 is 0 Å². The molecule has 0 saturated heterocycles. The Hall–Kier alpha value is -1.96. The monoisotopic (exact) mass is 207 g/mol. The summed E-state index contributed by atoms with van der Waals surface area (Å²) in [6.45, 7) is 2.02. The first kappa shape index (κ1) is 9.28. The third-order valence-electron chi connectivity index (χ3n) is 2.71. The Morgan fingerprint density at radius 1 is 0.812 bits per heavy atom. The van der Waals surface area contributed by atoms with Gasteiger partial charge in [0.05, 0.1) is 22.1 Å². The molecule has 0 unspecified atom stereocenters. The molecule has 16 heavy (non-hydrogen) atoms. The van der Waals surface area contributed by atoms with Crippen LogP contribution in [0, 0.1) is 6.42 Å². The van der Waals surface area contributed by atoms with E-state index in [0.29, 0.717) is 0 Å². The summed E-state index contributed by atoms with van der Waals surface area (Å²) in [7, 11) is 0. The van der Waals surface area contributed by atoms with E-state index < -0.39 is 0 Å². The van der Waals surface area contributed by atoms with Gasteiger partial charge >= 0.3 is 0 Å². The first-order valence-corrected chi connectivity index (χ1v) is 5.33. The molecule has 0 amide bonds. The average Bonchev–Trinajstić information content (AvgIpc) is 2.35. The number of rotatable bonds is 1. The quantitative estimate of drug-likeness (QED) is 0.572. The molecule has 0 saturated carbocycles. The van der Waals surface area contributed by atoms with Gasteiger partial charge in [0.2, 0.25) is 0 Å². The van der Waals surface area contributed by atoms with Crippen LogP contribution in [0.3, 0.4) is 0 Å². The van der Waals surface area contributed by atoms with E-state index in [4.69, 9.17) is 0 Å². The molecular weight excluding hydrogens is 196 g/mol. The maximum atomic E-state index is 4.65. The van der Waals surface area contributed by atoms with Gasteiger partial charge in [-0.1, -0.05) is 31.2 Å². The zero-order valence-corrected chi connectivity index (χ0v) is 9.01. The molecule has 0 aliphatic rings. The molecule has 1 radical (unpaired) electrons. The maximum Gasteiger partial charge on any atom is 0.0929 e. The fourth-order valence-corrected chi connectivity index (χ4v) is 1.90. The molecule has 0 spiro atoms. The number of hydrogen-bond donors (Lipinski definition) is 0. The van der Waals surface area contributed by atoms with Crippen molar-refractivity contribution in [3.63, 3.8) is 0 Å². The Bertz CT molecular complexity index is 659. The lowest BCUT2D eigenvalue weighted by molar-refractivity contribution is 1.35. The zero-order chi connectivity index (χ0) is 11.0. The number of fused-ring (bicyclic) bond motifs is 2. The van der Waals surface area contributed by atoms with Crippen molar-refractivity contribution in [2.45, 2.75) is 6.92 Å². The van der Waals surface area contributed by atoms with Gasteiger partial charge in [-0.15, -0.1) is 0 Å². The minimum atomic E-state index is 0.947. The van der Waals surface area contributed by atoms with Gasteiger partial charge in [0.1, 0.15) is 0 Å². The maximum absolute atomic E-state index is 4.65. The molecule has 0 atom stereocenters. The van der Waals surface area contributed by atoms with Crippen molar-refractivity contribution in [1.29, 1.82) is 0 Å². The largest absolute Gasteiger partial charge is 0.244 e. The molecule has 1 heterocycles. The van der Waals surface area contributed by atoms with Crippen LogP contribution in [-0.4, -0.2) is 9.97 Å². The Morgan fingerprint density at radius 3 is 2.25 bits per heavy atom. The van der Waals surface area contributed by atoms with Crippen LogP contribution in [0.1, 0.15) is 12.5 Å². The topological polar surface area (TPSA) is 25.8 Å². The van der Waals surface area contributed by atoms with Crippen LogP contribution in [0.4, 0.5) is 0 Å². The van der Waals surface area contributed by atoms with Crippen molar-refractivity contribution in [3.05, 3.63) is 54.4 Å². The molecule has 1 aromatic heterocycles. The van der Waals surface area contributed by atoms with Crippen LogP contribution in [0.5, 0.6) is 0 Å². The summed E-state index contributed by atoms with van der Waals surface area (Å²) >= 11 is 0. The smallest absolute Gasteiger partial charge is 0.0929 e. The summed E-state index contributed by atoms with van der Waals surface area (Å²) in [6.07, 6.45) is 2.06. The number of nitrogens with zero attached hydrogens (tertiary/aromatic N) is 2. The molecular formula is C14H11N2. The van der Waals surface area contributed by atoms with E-state index in [0.717, 1.165) is 27.6 Å². The number of benzene rings is 2. The Labute approximate surface area is 94.0 Å². The second-order valence-electron chi connectivity index (χ2n) is 3.72. The summed E-state index contributed by atoms with van der Waals surface area (Å²) < 4.78 is 0. The van der Waals surface area contributed by atoms with Gasteiger partial charge in [-0.25, -0.2) is 9.97 Å². The van der Waals surface area contributed by atoms with E-state index in [1.807, 2.05) is 43.3 Å². The van der Waals surface area contributed by atoms with Crippen LogP contribution in [0.2, 0.25) is 0 Å². The first-order valence-electron chi connectivity index (χ1n) is 5.33. The van der Waals surface area contributed by atoms with E-state index in [1.165, 1.54) is 0 Å². The number of hydrogen-bond acceptors (Lipinski definition) is 2. The predicted molar refractivity (Wildman–Crippen MR) is 66.1 cm³/mol. The van der Waals surface area contributed by atoms with E-state index in [9.17, 15) is 0 Å². The molecule has 77 valence electrons. The van der Waals surface area contributed by atoms with Gasteiger partial charge in [-0.2, -0.15) is 0 Å². The SMILES string of the molecule is C[CH]c1cccc2nc3ccccc3nc12. The summed E-state index contributed by atoms with van der Waals surface area (Å²) in [5.41, 5.74) is 4.96. The van der Waals surface area contributed by atoms with E-state index in [-0.39, 0.29) is 0 Å². The Morgan fingerprint density at radius 2 is 1.50 bits per heavy atom. The van der Waals surface area contributed by atoms with Crippen molar-refractivity contribution in [3.8, 4) is 0 Å². The standard InChI is InChI=1S/C14H11N2/c1-2-10-6-5-9-13-14(10)16-12-8-4-3-7-11(12)15-13/h2-9H,1H3. The van der Waals surface area contributed by atoms with Gasteiger partial charge in [0.15, 0.2) is 0 Å². The molecule has 0 aliphatic heterocycles. The molecule has 2 heteroatoms. The highest BCUT2D eigenvalue weighted by atomic mass is 14.8. The van der Waals surface area contributed by atoms with Crippen molar-refractivity contribution < 1.29 is 0 Å². The molecule has 2 nitrogen and oxygen atoms in total. The van der Waals surface area contributed by atoms with E-state index >= 15 is 0 Å². The average molecular weight is 207 g/mol. The highest BCUT2D eigenvalue weighted by molar-refractivity contribution is 5.88. The summed E-state index contributed by atoms with van der Waals surface area (Å²) in [4.78, 5) is 9.26. The Balaban J connectivity index is 2.46. The third kappa shape index (κ3) is 1.34. The van der Waals surface area contributed by atoms with Crippen LogP contribution in [0.25, 0.3) is 22.1 Å². The molecule has 0 bridgehead atoms. The molecule has 0 fully saturated rings. The first-order chi connectivity index (χ1) is 7.88. The van der Waals surface area contributed by atoms with Crippen LogP contribution >= 0.6 is 0 Å². The van der Waals surface area contributed by atoms with E-state index in [1.54, 1.807) is 0 Å². The van der Waals surface area contributed by atoms with Crippen molar-refractivity contribution in [1.82, 2.24) is 9.97 Å². The van der Waals surface area contributed by atoms with E-state index in [2.05, 4.69) is 22.5 Å². The summed E-state index contributed by atoms with van der Waals surface area (Å²) in [6, 6.07) is 14.0. The van der Waals surface area contributed by atoms with Gasteiger partial charge in [-0.3, -0.25) is 0 Å². The lowest BCUT2D eigenvalue weighted by atomic mass is 10.1. The molecule has 2 aromatic carbocycles. The lowest BCUT2D eigenvalue weighted by Gasteiger charge is -2.04. The fourth-order valence-electron chi connectivity index (χ4n) is 1.90. The third-order valence-corrected chi connectivity index (χ3v) is 2.71. The molecule has 3 rings (SSSR count). The summed E-state index contributed by atoms with van der Waals surface area (Å²) in [5.74, 6) is 0. The predicted octanol–water partition coefficient (Wildman–Crippen LogP) is 3.36. The highest BCUT2D eigenvalue weighted by Crippen LogP contribution is 2.19. The van der Waals surface area contributed by atoms with Gasteiger partial charge in [-0.05, 0) is 30.2 Å². The van der Waals surface area contributed by atoms with Crippen LogP contribution in [-0.2, 0) is 0 Å². The van der Waals surface area contributed by atoms with Crippen molar-refractivity contribution in [2.75, 3.05) is 0 Å². The van der Waals surface area contributed by atoms with Crippen molar-refractivity contribution >= 4 is 22.1 Å². The minimum Gasteiger partial charge on any atom is -0.244 e. The fraction of sp³-hybridized carbons (Fsp3) is 0.0714. The van der Waals surface area contributed by atoms with Gasteiger partial charge in [0, 0.05) is 0 Å². The van der Waals surface area contributed by atoms with Crippen LogP contribution in [0.15, 0.2) is 42.5 Å². The number of para-hydroxylation sites is 3. The second-order valence-corrected chi connectivity index (χ2v) is 3.72. The van der Waals surface area contributed by atoms with Crippen molar-refractivity contribution in [2.24, 2.45) is 0 Å². The van der Waals surface area contributed by atoms with Gasteiger partial charge in [0.25, 0.3) is 0 Å². The lowest BCUT2D eigenvalue weighted by Crippen LogP contribution is -1.90. The zero-order valence-electron chi connectivity index (χ0n) is 9.01. The molecule has 3 aromatic rings. The van der Waals surface area contributed by atoms with Gasteiger partial charge < -0.3 is 0 Å². The Kier molecular flexibility index (Phi) is 2.07. The second kappa shape index (κ2) is 3.56. The normalized spacial score (nSPS) is 11.1. The minimum absolute atomic E-state index is 0.947. The highest BCUT2D eigenvalue weighted by Gasteiger charge is 2.03. The molecule has 0 aliphatic carbocycles. The summed E-state index contributed by atoms with van der Waals surface area (Å²) in [5, 5.41) is 0. The molecule has 0 N–H and O–H groups in total.